The van der Waals surface area contributed by atoms with Gasteiger partial charge in [0.15, 0.2) is 0 Å². The molecule has 0 aliphatic heterocycles. The molecule has 0 aliphatic rings. The van der Waals surface area contributed by atoms with Crippen LogP contribution in [0.15, 0.2) is 261 Å². The number of anilines is 9. The average Bonchev–Trinajstić information content (AvgIpc) is 3.41. The minimum absolute atomic E-state index is 1.07. The number of hydrogen-bond acceptors (Lipinski definition) is 3. The van der Waals surface area contributed by atoms with Gasteiger partial charge in [0.1, 0.15) is 0 Å². The molecular formula is C66H53N3. The fourth-order valence-electron chi connectivity index (χ4n) is 8.64. The Hall–Kier alpha value is -8.92. The molecule has 10 aromatic carbocycles. The summed E-state index contributed by atoms with van der Waals surface area (Å²) in [5.41, 5.74) is 19.3. The lowest BCUT2D eigenvalue weighted by Gasteiger charge is -2.28. The molecule has 0 radical (unpaired) electrons. The molecule has 0 spiro atoms. The maximum Gasteiger partial charge on any atom is 0.0463 e. The zero-order chi connectivity index (χ0) is 46.8. The molecule has 0 fully saturated rings. The van der Waals surface area contributed by atoms with Crippen molar-refractivity contribution in [1.29, 1.82) is 0 Å². The van der Waals surface area contributed by atoms with Crippen LogP contribution in [-0.2, 0) is 0 Å². The van der Waals surface area contributed by atoms with Gasteiger partial charge in [-0.15, -0.1) is 0 Å². The Balaban J connectivity index is 0.895. The van der Waals surface area contributed by atoms with Crippen LogP contribution in [0.25, 0.3) is 35.4 Å². The molecule has 10 rings (SSSR count). The highest BCUT2D eigenvalue weighted by Gasteiger charge is 2.17. The first-order chi connectivity index (χ1) is 34.0. The van der Waals surface area contributed by atoms with E-state index in [0.29, 0.717) is 0 Å². The van der Waals surface area contributed by atoms with Gasteiger partial charge < -0.3 is 14.7 Å². The van der Waals surface area contributed by atoms with E-state index in [1.54, 1.807) is 0 Å². The number of para-hydroxylation sites is 3. The first-order valence-corrected chi connectivity index (χ1v) is 23.6. The zero-order valence-electron chi connectivity index (χ0n) is 39.0. The summed E-state index contributed by atoms with van der Waals surface area (Å²) >= 11 is 0. The summed E-state index contributed by atoms with van der Waals surface area (Å²) in [5, 5.41) is 0. The van der Waals surface area contributed by atoms with Gasteiger partial charge >= 0.3 is 0 Å². The van der Waals surface area contributed by atoms with Gasteiger partial charge in [0, 0.05) is 51.2 Å². The Labute approximate surface area is 407 Å². The molecule has 0 amide bonds. The maximum atomic E-state index is 2.32. The second kappa shape index (κ2) is 20.7. The van der Waals surface area contributed by atoms with Crippen LogP contribution < -0.4 is 14.7 Å². The number of aryl methyl sites for hydroxylation is 2. The second-order valence-electron chi connectivity index (χ2n) is 17.3. The Morgan fingerprint density at radius 3 is 0.638 bits per heavy atom. The van der Waals surface area contributed by atoms with Crippen molar-refractivity contribution in [2.45, 2.75) is 13.8 Å². The summed E-state index contributed by atoms with van der Waals surface area (Å²) in [6.07, 6.45) is 8.67. The second-order valence-corrected chi connectivity index (χ2v) is 17.3. The Bertz CT molecular complexity index is 3250. The zero-order valence-corrected chi connectivity index (χ0v) is 39.0. The Morgan fingerprint density at radius 1 is 0.203 bits per heavy atom. The van der Waals surface area contributed by atoms with E-state index in [9.17, 15) is 0 Å². The van der Waals surface area contributed by atoms with E-state index >= 15 is 0 Å². The summed E-state index contributed by atoms with van der Waals surface area (Å²) in [5.74, 6) is 0. The van der Waals surface area contributed by atoms with Gasteiger partial charge in [0.2, 0.25) is 0 Å². The summed E-state index contributed by atoms with van der Waals surface area (Å²) in [6, 6.07) is 93.2. The van der Waals surface area contributed by atoms with E-state index in [0.717, 1.165) is 73.4 Å². The van der Waals surface area contributed by atoms with E-state index in [2.05, 4.69) is 314 Å². The van der Waals surface area contributed by atoms with E-state index < -0.39 is 0 Å². The van der Waals surface area contributed by atoms with Gasteiger partial charge in [-0.2, -0.15) is 0 Å². The highest BCUT2D eigenvalue weighted by molar-refractivity contribution is 5.84. The molecule has 10 aromatic rings. The molecule has 0 N–H and O–H groups in total. The molecule has 0 saturated heterocycles. The summed E-state index contributed by atoms with van der Waals surface area (Å²) in [4.78, 5) is 6.94. The molecule has 0 saturated carbocycles. The minimum atomic E-state index is 1.07. The molecular weight excluding hydrogens is 835 g/mol. The molecule has 0 bridgehead atoms. The van der Waals surface area contributed by atoms with Gasteiger partial charge in [0.25, 0.3) is 0 Å². The molecule has 3 nitrogen and oxygen atoms in total. The van der Waals surface area contributed by atoms with Crippen LogP contribution in [0.1, 0.15) is 33.4 Å². The standard InChI is InChI=1S/C66H53N3/c1-50-18-22-52(23-19-50)26-28-54-30-38-61(39-31-54)67(58-12-6-3-7-13-58)63-42-34-56(35-43-63)57-36-44-64(45-37-57)69(60-16-10-5-11-17-60)66-48-46-65(47-49-66)68(59-14-8-4-9-15-59)62-40-32-55(33-41-62)29-27-53-24-20-51(2)21-25-53/h3-49H,1-2H3. The van der Waals surface area contributed by atoms with Crippen molar-refractivity contribution in [1.82, 2.24) is 0 Å². The van der Waals surface area contributed by atoms with E-state index in [-0.39, 0.29) is 0 Å². The summed E-state index contributed by atoms with van der Waals surface area (Å²) in [7, 11) is 0. The lowest BCUT2D eigenvalue weighted by atomic mass is 10.0. The van der Waals surface area contributed by atoms with Crippen molar-refractivity contribution in [2.75, 3.05) is 14.7 Å². The molecule has 0 aliphatic carbocycles. The largest absolute Gasteiger partial charge is 0.311 e. The van der Waals surface area contributed by atoms with Crippen molar-refractivity contribution in [3.8, 4) is 11.1 Å². The van der Waals surface area contributed by atoms with Gasteiger partial charge in [-0.1, -0.05) is 187 Å². The molecule has 0 unspecified atom stereocenters. The Morgan fingerprint density at radius 2 is 0.391 bits per heavy atom. The first-order valence-electron chi connectivity index (χ1n) is 23.6. The fourth-order valence-corrected chi connectivity index (χ4v) is 8.64. The number of nitrogens with zero attached hydrogens (tertiary/aromatic N) is 3. The third kappa shape index (κ3) is 10.5. The van der Waals surface area contributed by atoms with Crippen LogP contribution in [-0.4, -0.2) is 0 Å². The molecule has 0 heterocycles. The van der Waals surface area contributed by atoms with Crippen molar-refractivity contribution < 1.29 is 0 Å². The van der Waals surface area contributed by atoms with Crippen LogP contribution in [0.4, 0.5) is 51.2 Å². The van der Waals surface area contributed by atoms with E-state index in [4.69, 9.17) is 0 Å². The quantitative estimate of drug-likeness (QED) is 0.101. The van der Waals surface area contributed by atoms with Crippen LogP contribution >= 0.6 is 0 Å². The topological polar surface area (TPSA) is 9.72 Å². The van der Waals surface area contributed by atoms with Gasteiger partial charge in [-0.3, -0.25) is 0 Å². The summed E-state index contributed by atoms with van der Waals surface area (Å²) in [6.45, 7) is 4.23. The minimum Gasteiger partial charge on any atom is -0.311 e. The number of rotatable bonds is 14. The molecule has 0 atom stereocenters. The Kier molecular flexibility index (Phi) is 13.2. The van der Waals surface area contributed by atoms with Crippen molar-refractivity contribution >= 4 is 75.5 Å². The predicted molar refractivity (Wildman–Crippen MR) is 296 cm³/mol. The highest BCUT2D eigenvalue weighted by atomic mass is 15.2. The summed E-state index contributed by atoms with van der Waals surface area (Å²) < 4.78 is 0. The highest BCUT2D eigenvalue weighted by Crippen LogP contribution is 2.41. The fraction of sp³-hybridized carbons (Fsp3) is 0.0303. The smallest absolute Gasteiger partial charge is 0.0463 e. The third-order valence-corrected chi connectivity index (χ3v) is 12.4. The monoisotopic (exact) mass is 887 g/mol. The van der Waals surface area contributed by atoms with Crippen LogP contribution in [0.2, 0.25) is 0 Å². The van der Waals surface area contributed by atoms with Crippen LogP contribution in [0.5, 0.6) is 0 Å². The predicted octanol–water partition coefficient (Wildman–Crippen LogP) is 18.7. The molecule has 332 valence electrons. The molecule has 0 aromatic heterocycles. The van der Waals surface area contributed by atoms with Crippen LogP contribution in [0.3, 0.4) is 0 Å². The third-order valence-electron chi connectivity index (χ3n) is 12.4. The number of hydrogen-bond donors (Lipinski definition) is 0. The number of benzene rings is 10. The van der Waals surface area contributed by atoms with Gasteiger partial charge in [0.05, 0.1) is 0 Å². The van der Waals surface area contributed by atoms with Gasteiger partial charge in [-0.05, 0) is 156 Å². The molecule has 3 heteroatoms. The first kappa shape index (κ1) is 43.9. The lowest BCUT2D eigenvalue weighted by molar-refractivity contribution is 1.25. The van der Waals surface area contributed by atoms with E-state index in [1.807, 2.05) is 0 Å². The maximum absolute atomic E-state index is 2.32. The van der Waals surface area contributed by atoms with E-state index in [1.165, 1.54) is 22.3 Å². The SMILES string of the molecule is Cc1ccc(C=Cc2ccc(N(c3ccccc3)c3ccc(-c4ccc(N(c5ccccc5)c5ccc(N(c6ccccc6)c6ccc(C=Cc7ccc(C)cc7)cc6)cc5)cc4)cc3)cc2)cc1. The lowest BCUT2D eigenvalue weighted by Crippen LogP contribution is -2.12. The van der Waals surface area contributed by atoms with Gasteiger partial charge in [-0.25, -0.2) is 0 Å². The van der Waals surface area contributed by atoms with Crippen molar-refractivity contribution in [3.63, 3.8) is 0 Å². The normalized spacial score (nSPS) is 11.2. The molecule has 69 heavy (non-hydrogen) atoms. The van der Waals surface area contributed by atoms with Crippen molar-refractivity contribution in [2.24, 2.45) is 0 Å². The van der Waals surface area contributed by atoms with Crippen molar-refractivity contribution in [3.05, 3.63) is 294 Å². The van der Waals surface area contributed by atoms with Crippen LogP contribution in [0, 0.1) is 13.8 Å². The average molecular weight is 888 g/mol.